The Hall–Kier alpha value is -1.71. The fourth-order valence-electron chi connectivity index (χ4n) is 3.42. The minimum atomic E-state index is -0.701. The third-order valence-electron chi connectivity index (χ3n) is 4.49. The largest absolute Gasteiger partial charge is 0.380 e. The molecule has 0 heterocycles. The average Bonchev–Trinajstić information content (AvgIpc) is 2.81. The summed E-state index contributed by atoms with van der Waals surface area (Å²) in [5.74, 6) is 0.136. The Morgan fingerprint density at radius 2 is 1.52 bits per heavy atom. The lowest BCUT2D eigenvalue weighted by Crippen LogP contribution is -2.42. The molecule has 0 aliphatic heterocycles. The summed E-state index contributed by atoms with van der Waals surface area (Å²) in [5, 5.41) is 2.18. The van der Waals surface area contributed by atoms with Gasteiger partial charge in [-0.3, -0.25) is 4.79 Å². The number of benzene rings is 2. The molecule has 2 aromatic rings. The Morgan fingerprint density at radius 3 is 2.13 bits per heavy atom. The van der Waals surface area contributed by atoms with Crippen molar-refractivity contribution in [2.24, 2.45) is 0 Å². The molecule has 3 rings (SSSR count). The fraction of sp³-hybridized carbons (Fsp3) is 0.450. The summed E-state index contributed by atoms with van der Waals surface area (Å²) in [6.45, 7) is 6.25. The van der Waals surface area contributed by atoms with E-state index in [1.807, 2.05) is 18.2 Å². The summed E-state index contributed by atoms with van der Waals surface area (Å²) in [5.41, 5.74) is 1.16. The molecule has 122 valence electrons. The van der Waals surface area contributed by atoms with Crippen LogP contribution in [0.2, 0.25) is 0 Å². The van der Waals surface area contributed by atoms with Gasteiger partial charge in [-0.2, -0.15) is 0 Å². The number of hydrogen-bond acceptors (Lipinski definition) is 3. The maximum absolute atomic E-state index is 13.2. The van der Waals surface area contributed by atoms with Gasteiger partial charge in [-0.1, -0.05) is 50.2 Å². The quantitative estimate of drug-likeness (QED) is 0.688. The summed E-state index contributed by atoms with van der Waals surface area (Å²) in [6.07, 6.45) is 1.88. The third-order valence-corrected chi connectivity index (χ3v) is 4.49. The molecule has 1 aliphatic rings. The third kappa shape index (κ3) is 2.68. The molecule has 0 radical (unpaired) electrons. The van der Waals surface area contributed by atoms with E-state index in [4.69, 9.17) is 9.47 Å². The van der Waals surface area contributed by atoms with Crippen LogP contribution in [0, 0.1) is 0 Å². The molecule has 0 amide bonds. The molecule has 2 aromatic carbocycles. The molecule has 0 aromatic heterocycles. The minimum Gasteiger partial charge on any atom is -0.380 e. The summed E-state index contributed by atoms with van der Waals surface area (Å²) < 4.78 is 11.7. The van der Waals surface area contributed by atoms with Gasteiger partial charge in [0.2, 0.25) is 0 Å². The van der Waals surface area contributed by atoms with Crippen molar-refractivity contribution in [2.45, 2.75) is 32.1 Å². The monoisotopic (exact) mass is 312 g/mol. The lowest BCUT2D eigenvalue weighted by molar-refractivity contribution is 0.0219. The molecule has 0 bridgehead atoms. The molecular formula is C20H24O3. The number of Topliss-reactive ketones (excluding diaryl/α,β-unsaturated/α-hetero) is 1. The number of ketones is 1. The van der Waals surface area contributed by atoms with Crippen molar-refractivity contribution in [3.8, 4) is 0 Å². The first-order chi connectivity index (χ1) is 11.2. The van der Waals surface area contributed by atoms with Gasteiger partial charge in [0.15, 0.2) is 5.78 Å². The van der Waals surface area contributed by atoms with Crippen molar-refractivity contribution in [3.63, 3.8) is 0 Å². The minimum absolute atomic E-state index is 0.136. The van der Waals surface area contributed by atoms with Crippen LogP contribution in [0.1, 0.15) is 42.6 Å². The van der Waals surface area contributed by atoms with Gasteiger partial charge in [-0.15, -0.1) is 0 Å². The lowest BCUT2D eigenvalue weighted by Gasteiger charge is -2.28. The Balaban J connectivity index is 2.05. The van der Waals surface area contributed by atoms with Gasteiger partial charge in [0.1, 0.15) is 5.41 Å². The second-order valence-corrected chi connectivity index (χ2v) is 6.23. The molecule has 3 nitrogen and oxygen atoms in total. The van der Waals surface area contributed by atoms with E-state index in [-0.39, 0.29) is 5.78 Å². The zero-order chi connectivity index (χ0) is 16.3. The predicted octanol–water partition coefficient (Wildman–Crippen LogP) is 4.13. The van der Waals surface area contributed by atoms with Crippen molar-refractivity contribution >= 4 is 16.6 Å². The molecule has 0 saturated carbocycles. The van der Waals surface area contributed by atoms with Gasteiger partial charge >= 0.3 is 0 Å². The van der Waals surface area contributed by atoms with Crippen LogP contribution in [0.3, 0.4) is 0 Å². The van der Waals surface area contributed by atoms with Gasteiger partial charge < -0.3 is 9.47 Å². The van der Waals surface area contributed by atoms with Crippen molar-refractivity contribution in [1.29, 1.82) is 0 Å². The van der Waals surface area contributed by atoms with E-state index in [0.29, 0.717) is 26.4 Å². The van der Waals surface area contributed by atoms with Crippen LogP contribution in [-0.2, 0) is 14.9 Å². The SMILES string of the molecule is CCCOCC1(COCCC)C(=O)c2cccc3cccc1c23. The number of hydrogen-bond donors (Lipinski definition) is 0. The van der Waals surface area contributed by atoms with Crippen molar-refractivity contribution in [2.75, 3.05) is 26.4 Å². The number of carbonyl (C=O) groups is 1. The van der Waals surface area contributed by atoms with Crippen LogP contribution in [0.4, 0.5) is 0 Å². The van der Waals surface area contributed by atoms with Crippen LogP contribution < -0.4 is 0 Å². The van der Waals surface area contributed by atoms with Crippen molar-refractivity contribution < 1.29 is 14.3 Å². The van der Waals surface area contributed by atoms with Crippen LogP contribution >= 0.6 is 0 Å². The standard InChI is InChI=1S/C20H24O3/c1-3-11-22-13-20(14-23-12-4-2)17-10-6-8-15-7-5-9-16(18(15)17)19(20)21/h5-10H,3-4,11-14H2,1-2H3. The summed E-state index contributed by atoms with van der Waals surface area (Å²) in [4.78, 5) is 13.2. The van der Waals surface area contributed by atoms with E-state index in [1.54, 1.807) is 0 Å². The van der Waals surface area contributed by atoms with E-state index in [0.717, 1.165) is 34.7 Å². The molecular weight excluding hydrogens is 288 g/mol. The number of carbonyl (C=O) groups excluding carboxylic acids is 1. The Bertz CT molecular complexity index is 690. The van der Waals surface area contributed by atoms with Crippen LogP contribution in [0.15, 0.2) is 36.4 Å². The molecule has 0 saturated heterocycles. The van der Waals surface area contributed by atoms with Crippen molar-refractivity contribution in [3.05, 3.63) is 47.5 Å². The highest BCUT2D eigenvalue weighted by Gasteiger charge is 2.47. The summed E-state index contributed by atoms with van der Waals surface area (Å²) in [7, 11) is 0. The second kappa shape index (κ2) is 6.81. The Labute approximate surface area is 137 Å². The highest BCUT2D eigenvalue weighted by Crippen LogP contribution is 2.43. The fourth-order valence-corrected chi connectivity index (χ4v) is 3.42. The molecule has 0 spiro atoms. The molecule has 0 unspecified atom stereocenters. The van der Waals surface area contributed by atoms with Crippen LogP contribution in [-0.4, -0.2) is 32.2 Å². The number of rotatable bonds is 8. The van der Waals surface area contributed by atoms with E-state index >= 15 is 0 Å². The maximum Gasteiger partial charge on any atom is 0.178 e. The highest BCUT2D eigenvalue weighted by molar-refractivity contribution is 6.20. The maximum atomic E-state index is 13.2. The Morgan fingerprint density at radius 1 is 0.913 bits per heavy atom. The van der Waals surface area contributed by atoms with Gasteiger partial charge in [-0.05, 0) is 29.2 Å². The topological polar surface area (TPSA) is 35.5 Å². The van der Waals surface area contributed by atoms with Crippen molar-refractivity contribution in [1.82, 2.24) is 0 Å². The molecule has 23 heavy (non-hydrogen) atoms. The van der Waals surface area contributed by atoms with E-state index < -0.39 is 5.41 Å². The highest BCUT2D eigenvalue weighted by atomic mass is 16.5. The molecule has 3 heteroatoms. The zero-order valence-corrected chi connectivity index (χ0v) is 13.9. The Kier molecular flexibility index (Phi) is 4.79. The van der Waals surface area contributed by atoms with Crippen LogP contribution in [0.5, 0.6) is 0 Å². The number of ether oxygens (including phenoxy) is 2. The first kappa shape index (κ1) is 16.2. The first-order valence-electron chi connectivity index (χ1n) is 8.47. The predicted molar refractivity (Wildman–Crippen MR) is 92.2 cm³/mol. The van der Waals surface area contributed by atoms with Gasteiger partial charge in [0.25, 0.3) is 0 Å². The van der Waals surface area contributed by atoms with Gasteiger partial charge in [-0.25, -0.2) is 0 Å². The molecule has 0 atom stereocenters. The molecule has 0 fully saturated rings. The second-order valence-electron chi connectivity index (χ2n) is 6.23. The zero-order valence-electron chi connectivity index (χ0n) is 13.9. The summed E-state index contributed by atoms with van der Waals surface area (Å²) >= 11 is 0. The first-order valence-corrected chi connectivity index (χ1v) is 8.47. The smallest absolute Gasteiger partial charge is 0.178 e. The van der Waals surface area contributed by atoms with E-state index in [2.05, 4.69) is 32.0 Å². The van der Waals surface area contributed by atoms with E-state index in [9.17, 15) is 4.79 Å². The average molecular weight is 312 g/mol. The summed E-state index contributed by atoms with van der Waals surface area (Å²) in [6, 6.07) is 12.1. The van der Waals surface area contributed by atoms with Crippen LogP contribution in [0.25, 0.3) is 10.8 Å². The lowest BCUT2D eigenvalue weighted by atomic mass is 9.81. The normalized spacial score (nSPS) is 15.5. The van der Waals surface area contributed by atoms with Gasteiger partial charge in [0, 0.05) is 18.8 Å². The molecule has 1 aliphatic carbocycles. The van der Waals surface area contributed by atoms with Gasteiger partial charge in [0.05, 0.1) is 13.2 Å². The van der Waals surface area contributed by atoms with E-state index in [1.165, 1.54) is 0 Å². The molecule has 0 N–H and O–H groups in total.